The van der Waals surface area contributed by atoms with E-state index in [1.54, 1.807) is 12.1 Å². The number of para-hydroxylation sites is 2. The van der Waals surface area contributed by atoms with Crippen molar-refractivity contribution in [2.45, 2.75) is 25.9 Å². The fourth-order valence-electron chi connectivity index (χ4n) is 2.74. The molecule has 0 spiro atoms. The van der Waals surface area contributed by atoms with Gasteiger partial charge in [0.1, 0.15) is 28.9 Å². The zero-order chi connectivity index (χ0) is 18.4. The maximum Gasteiger partial charge on any atom is 0.146 e. The molecule has 2 aromatic carbocycles. The van der Waals surface area contributed by atoms with Crippen LogP contribution in [0.25, 0.3) is 10.9 Å². The average Bonchev–Trinajstić information content (AvgIpc) is 2.66. The lowest BCUT2D eigenvalue weighted by atomic mass is 10.2. The van der Waals surface area contributed by atoms with Gasteiger partial charge in [-0.15, -0.1) is 0 Å². The number of benzene rings is 2. The summed E-state index contributed by atoms with van der Waals surface area (Å²) in [5, 5.41) is 10.1. The smallest absolute Gasteiger partial charge is 0.146 e. The van der Waals surface area contributed by atoms with Crippen LogP contribution < -0.4 is 15.2 Å². The van der Waals surface area contributed by atoms with Crippen LogP contribution in [0.2, 0.25) is 0 Å². The summed E-state index contributed by atoms with van der Waals surface area (Å²) in [5.74, 6) is 1.83. The standard InChI is InChI=1S/C21H21N3O2/c1-15(6-5-13-25-18-9-3-2-7-17(18)14-22)26-19-10-4-8-16-11-12-20(23)24-21(16)19/h2-4,7-12,15H,5-6,13H2,1H3,(H2,23,24). The Hall–Kier alpha value is -3.26. The summed E-state index contributed by atoms with van der Waals surface area (Å²) in [4.78, 5) is 4.38. The normalized spacial score (nSPS) is 11.7. The summed E-state index contributed by atoms with van der Waals surface area (Å²) < 4.78 is 11.8. The van der Waals surface area contributed by atoms with E-state index in [-0.39, 0.29) is 6.10 Å². The first-order chi connectivity index (χ1) is 12.7. The van der Waals surface area contributed by atoms with Crippen LogP contribution >= 0.6 is 0 Å². The van der Waals surface area contributed by atoms with Gasteiger partial charge in [-0.3, -0.25) is 0 Å². The lowest BCUT2D eigenvalue weighted by molar-refractivity contribution is 0.195. The van der Waals surface area contributed by atoms with Crippen LogP contribution in [0.3, 0.4) is 0 Å². The van der Waals surface area contributed by atoms with Gasteiger partial charge in [-0.25, -0.2) is 4.98 Å². The van der Waals surface area contributed by atoms with Crippen molar-refractivity contribution in [2.75, 3.05) is 12.3 Å². The number of rotatable bonds is 7. The summed E-state index contributed by atoms with van der Waals surface area (Å²) in [6.45, 7) is 2.56. The van der Waals surface area contributed by atoms with Crippen LogP contribution in [-0.4, -0.2) is 17.7 Å². The zero-order valence-electron chi connectivity index (χ0n) is 14.7. The predicted octanol–water partition coefficient (Wildman–Crippen LogP) is 4.32. The molecule has 0 radical (unpaired) electrons. The van der Waals surface area contributed by atoms with Crippen molar-refractivity contribution in [1.29, 1.82) is 5.26 Å². The monoisotopic (exact) mass is 347 g/mol. The number of hydrogen-bond acceptors (Lipinski definition) is 5. The van der Waals surface area contributed by atoms with Gasteiger partial charge in [-0.2, -0.15) is 5.26 Å². The van der Waals surface area contributed by atoms with E-state index in [1.807, 2.05) is 49.4 Å². The third-order valence-electron chi connectivity index (χ3n) is 4.05. The third-order valence-corrected chi connectivity index (χ3v) is 4.05. The first-order valence-electron chi connectivity index (χ1n) is 8.61. The summed E-state index contributed by atoms with van der Waals surface area (Å²) in [6, 6.07) is 18.9. The molecule has 5 nitrogen and oxygen atoms in total. The molecular formula is C21H21N3O2. The molecule has 132 valence electrons. The summed E-state index contributed by atoms with van der Waals surface area (Å²) in [6.07, 6.45) is 1.66. The van der Waals surface area contributed by atoms with Crippen LogP contribution in [0.4, 0.5) is 5.82 Å². The summed E-state index contributed by atoms with van der Waals surface area (Å²) in [7, 11) is 0. The van der Waals surface area contributed by atoms with E-state index >= 15 is 0 Å². The zero-order valence-corrected chi connectivity index (χ0v) is 14.7. The molecule has 26 heavy (non-hydrogen) atoms. The minimum absolute atomic E-state index is 0.0126. The fraction of sp³-hybridized carbons (Fsp3) is 0.238. The Labute approximate surface area is 153 Å². The van der Waals surface area contributed by atoms with E-state index in [9.17, 15) is 0 Å². The molecule has 0 aliphatic rings. The Morgan fingerprint density at radius 1 is 1.08 bits per heavy atom. The number of aromatic nitrogens is 1. The lowest BCUT2D eigenvalue weighted by Gasteiger charge is -2.16. The van der Waals surface area contributed by atoms with Crippen molar-refractivity contribution in [2.24, 2.45) is 0 Å². The van der Waals surface area contributed by atoms with E-state index in [0.29, 0.717) is 23.7 Å². The number of nitrogens with two attached hydrogens (primary N) is 1. The van der Waals surface area contributed by atoms with E-state index < -0.39 is 0 Å². The van der Waals surface area contributed by atoms with E-state index in [4.69, 9.17) is 20.5 Å². The number of nitrogen functional groups attached to an aromatic ring is 1. The Bertz CT molecular complexity index is 934. The highest BCUT2D eigenvalue weighted by atomic mass is 16.5. The van der Waals surface area contributed by atoms with Crippen LogP contribution in [0.1, 0.15) is 25.3 Å². The minimum Gasteiger partial charge on any atom is -0.492 e. The molecule has 0 aliphatic heterocycles. The van der Waals surface area contributed by atoms with E-state index in [0.717, 1.165) is 29.5 Å². The van der Waals surface area contributed by atoms with Crippen LogP contribution in [0.15, 0.2) is 54.6 Å². The number of anilines is 1. The number of fused-ring (bicyclic) bond motifs is 1. The molecule has 0 amide bonds. The van der Waals surface area contributed by atoms with Gasteiger partial charge in [-0.05, 0) is 50.1 Å². The van der Waals surface area contributed by atoms with Gasteiger partial charge in [0.05, 0.1) is 18.3 Å². The highest BCUT2D eigenvalue weighted by Crippen LogP contribution is 2.26. The molecule has 1 heterocycles. The van der Waals surface area contributed by atoms with Crippen molar-refractivity contribution in [3.05, 3.63) is 60.2 Å². The van der Waals surface area contributed by atoms with Crippen LogP contribution in [0.5, 0.6) is 11.5 Å². The number of hydrogen-bond donors (Lipinski definition) is 1. The molecule has 5 heteroatoms. The van der Waals surface area contributed by atoms with Crippen molar-refractivity contribution < 1.29 is 9.47 Å². The van der Waals surface area contributed by atoms with Gasteiger partial charge < -0.3 is 15.2 Å². The molecule has 1 aromatic heterocycles. The lowest BCUT2D eigenvalue weighted by Crippen LogP contribution is -2.14. The maximum absolute atomic E-state index is 9.07. The highest BCUT2D eigenvalue weighted by Gasteiger charge is 2.09. The molecule has 0 fully saturated rings. The number of pyridine rings is 1. The van der Waals surface area contributed by atoms with Crippen molar-refractivity contribution in [3.63, 3.8) is 0 Å². The molecule has 1 unspecified atom stereocenters. The maximum atomic E-state index is 9.07. The number of nitriles is 1. The molecule has 0 saturated carbocycles. The largest absolute Gasteiger partial charge is 0.492 e. The number of ether oxygens (including phenoxy) is 2. The van der Waals surface area contributed by atoms with Gasteiger partial charge in [0.15, 0.2) is 0 Å². The Balaban J connectivity index is 1.54. The third kappa shape index (κ3) is 4.22. The first-order valence-corrected chi connectivity index (χ1v) is 8.61. The Morgan fingerprint density at radius 2 is 1.88 bits per heavy atom. The highest BCUT2D eigenvalue weighted by molar-refractivity contribution is 5.85. The second kappa shape index (κ2) is 8.21. The SMILES string of the molecule is CC(CCCOc1ccccc1C#N)Oc1cccc2ccc(N)nc12. The van der Waals surface area contributed by atoms with Crippen LogP contribution in [0, 0.1) is 11.3 Å². The molecule has 1 atom stereocenters. The molecule has 0 bridgehead atoms. The molecular weight excluding hydrogens is 326 g/mol. The topological polar surface area (TPSA) is 81.2 Å². The first kappa shape index (κ1) is 17.6. The average molecular weight is 347 g/mol. The fourth-order valence-corrected chi connectivity index (χ4v) is 2.74. The van der Waals surface area contributed by atoms with E-state index in [1.165, 1.54) is 0 Å². The summed E-state index contributed by atoms with van der Waals surface area (Å²) in [5.41, 5.74) is 7.12. The molecule has 0 saturated heterocycles. The Morgan fingerprint density at radius 3 is 2.73 bits per heavy atom. The van der Waals surface area contributed by atoms with Crippen LogP contribution in [-0.2, 0) is 0 Å². The predicted molar refractivity (Wildman–Crippen MR) is 102 cm³/mol. The summed E-state index contributed by atoms with van der Waals surface area (Å²) >= 11 is 0. The molecule has 3 rings (SSSR count). The van der Waals surface area contributed by atoms with E-state index in [2.05, 4.69) is 11.1 Å². The second-order valence-corrected chi connectivity index (χ2v) is 6.09. The van der Waals surface area contributed by atoms with Crippen molar-refractivity contribution in [1.82, 2.24) is 4.98 Å². The Kier molecular flexibility index (Phi) is 5.55. The van der Waals surface area contributed by atoms with Crippen molar-refractivity contribution in [3.8, 4) is 17.6 Å². The molecule has 0 aliphatic carbocycles. The molecule has 2 N–H and O–H groups in total. The minimum atomic E-state index is 0.0126. The second-order valence-electron chi connectivity index (χ2n) is 6.09. The van der Waals surface area contributed by atoms with Crippen molar-refractivity contribution >= 4 is 16.7 Å². The van der Waals surface area contributed by atoms with Gasteiger partial charge >= 0.3 is 0 Å². The van der Waals surface area contributed by atoms with Gasteiger partial charge in [0.2, 0.25) is 0 Å². The number of nitrogens with zero attached hydrogens (tertiary/aromatic N) is 2. The van der Waals surface area contributed by atoms with Gasteiger partial charge in [0.25, 0.3) is 0 Å². The van der Waals surface area contributed by atoms with Gasteiger partial charge in [0, 0.05) is 5.39 Å². The molecule has 3 aromatic rings. The quantitative estimate of drug-likeness (QED) is 0.644. The van der Waals surface area contributed by atoms with Gasteiger partial charge in [-0.1, -0.05) is 24.3 Å².